The second-order valence-corrected chi connectivity index (χ2v) is 9.89. The first-order chi connectivity index (χ1) is 19.5. The van der Waals surface area contributed by atoms with Gasteiger partial charge in [-0.2, -0.15) is 0 Å². The molecule has 0 bridgehead atoms. The van der Waals surface area contributed by atoms with Gasteiger partial charge in [0.1, 0.15) is 5.52 Å². The van der Waals surface area contributed by atoms with E-state index < -0.39 is 5.97 Å². The van der Waals surface area contributed by atoms with Crippen molar-refractivity contribution >= 4 is 45.7 Å². The number of hydrogen-bond donors (Lipinski definition) is 1. The summed E-state index contributed by atoms with van der Waals surface area (Å²) in [6.07, 6.45) is 1.56. The molecule has 1 saturated heterocycles. The molecule has 1 N–H and O–H groups in total. The normalized spacial score (nSPS) is 16.0. The third kappa shape index (κ3) is 4.37. The van der Waals surface area contributed by atoms with Crippen molar-refractivity contribution in [3.8, 4) is 11.3 Å². The summed E-state index contributed by atoms with van der Waals surface area (Å²) in [7, 11) is 0. The lowest BCUT2D eigenvalue weighted by atomic mass is 9.86. The van der Waals surface area contributed by atoms with Crippen molar-refractivity contribution in [3.05, 3.63) is 71.3 Å². The number of anilines is 3. The zero-order valence-corrected chi connectivity index (χ0v) is 22.4. The number of piperidine rings is 1. The van der Waals surface area contributed by atoms with Gasteiger partial charge in [-0.15, -0.1) is 0 Å². The van der Waals surface area contributed by atoms with Gasteiger partial charge in [-0.05, 0) is 51.0 Å². The predicted octanol–water partition coefficient (Wildman–Crippen LogP) is 5.74. The fraction of sp³-hybridized carbons (Fsp3) is 0.290. The van der Waals surface area contributed by atoms with E-state index in [1.165, 1.54) is 0 Å². The van der Waals surface area contributed by atoms with Crippen LogP contribution >= 0.6 is 0 Å². The minimum Gasteiger partial charge on any atom is -0.466 e. The number of carbonyl (C=O) groups is 3. The second-order valence-electron chi connectivity index (χ2n) is 9.89. The molecule has 9 heteroatoms. The van der Waals surface area contributed by atoms with Crippen LogP contribution in [0.2, 0.25) is 0 Å². The largest absolute Gasteiger partial charge is 0.466 e. The van der Waals surface area contributed by atoms with Crippen molar-refractivity contribution in [2.75, 3.05) is 36.5 Å². The number of hydrogen-bond acceptors (Lipinski definition) is 9. The summed E-state index contributed by atoms with van der Waals surface area (Å²) in [6, 6.07) is 16.2. The molecule has 2 heterocycles. The van der Waals surface area contributed by atoms with Crippen LogP contribution in [0.4, 0.5) is 17.1 Å². The van der Waals surface area contributed by atoms with Gasteiger partial charge in [0.2, 0.25) is 0 Å². The third-order valence-corrected chi connectivity index (χ3v) is 7.41. The van der Waals surface area contributed by atoms with Gasteiger partial charge in [0.05, 0.1) is 47.0 Å². The number of rotatable bonds is 7. The number of nitrogens with one attached hydrogen (secondary N) is 1. The minimum absolute atomic E-state index is 0.144. The van der Waals surface area contributed by atoms with E-state index in [1.807, 2.05) is 30.3 Å². The lowest BCUT2D eigenvalue weighted by Crippen LogP contribution is -2.39. The average Bonchev–Trinajstić information content (AvgIpc) is 3.42. The van der Waals surface area contributed by atoms with E-state index in [4.69, 9.17) is 14.0 Å². The van der Waals surface area contributed by atoms with Crippen LogP contribution in [0.15, 0.2) is 59.1 Å². The smallest absolute Gasteiger partial charge is 0.338 e. The highest BCUT2D eigenvalue weighted by molar-refractivity contribution is 6.28. The highest BCUT2D eigenvalue weighted by Crippen LogP contribution is 2.46. The Bertz CT molecular complexity index is 1640. The van der Waals surface area contributed by atoms with Gasteiger partial charge in [0, 0.05) is 29.9 Å². The third-order valence-electron chi connectivity index (χ3n) is 7.41. The molecule has 0 unspecified atom stereocenters. The summed E-state index contributed by atoms with van der Waals surface area (Å²) >= 11 is 0. The number of benzene rings is 3. The summed E-state index contributed by atoms with van der Waals surface area (Å²) in [5.74, 6) is -0.504. The maximum atomic E-state index is 13.9. The van der Waals surface area contributed by atoms with Crippen molar-refractivity contribution < 1.29 is 28.4 Å². The second kappa shape index (κ2) is 10.5. The Hall–Kier alpha value is -4.66. The Morgan fingerprint density at radius 2 is 1.85 bits per heavy atom. The minimum atomic E-state index is -0.423. The maximum Gasteiger partial charge on any atom is 0.338 e. The number of ether oxygens (including phenoxy) is 2. The van der Waals surface area contributed by atoms with E-state index in [2.05, 4.69) is 15.4 Å². The molecular formula is C31H29N3O6. The van der Waals surface area contributed by atoms with Gasteiger partial charge in [-0.25, -0.2) is 4.79 Å². The van der Waals surface area contributed by atoms with E-state index >= 15 is 0 Å². The molecule has 4 aromatic rings. The molecule has 204 valence electrons. The van der Waals surface area contributed by atoms with Gasteiger partial charge in [0.15, 0.2) is 11.5 Å². The first-order valence-electron chi connectivity index (χ1n) is 13.6. The van der Waals surface area contributed by atoms with E-state index in [9.17, 15) is 14.4 Å². The summed E-state index contributed by atoms with van der Waals surface area (Å²) in [6.45, 7) is 5.36. The van der Waals surface area contributed by atoms with Gasteiger partial charge in [-0.3, -0.25) is 9.59 Å². The molecule has 3 aromatic carbocycles. The van der Waals surface area contributed by atoms with Crippen molar-refractivity contribution in [3.63, 3.8) is 0 Å². The fourth-order valence-corrected chi connectivity index (χ4v) is 5.62. The summed E-state index contributed by atoms with van der Waals surface area (Å²) in [4.78, 5) is 41.0. The van der Waals surface area contributed by atoms with E-state index in [-0.39, 0.29) is 24.3 Å². The van der Waals surface area contributed by atoms with Crippen LogP contribution in [0.25, 0.3) is 22.2 Å². The number of fused-ring (bicyclic) bond motifs is 2. The van der Waals surface area contributed by atoms with Crippen LogP contribution in [0.5, 0.6) is 0 Å². The van der Waals surface area contributed by atoms with Gasteiger partial charge in [-0.1, -0.05) is 35.5 Å². The Morgan fingerprint density at radius 3 is 2.65 bits per heavy atom. The molecule has 1 aliphatic carbocycles. The van der Waals surface area contributed by atoms with Crippen molar-refractivity contribution in [1.82, 2.24) is 5.16 Å². The standard InChI is InChI=1S/C31H29N3O6/c1-3-38-30(36)18-9-7-11-20(15-18)32-23-16-24(34-14-8-10-19(17-34)31(37)39-4-2)27-26-25(23)28(35)21-12-5-6-13-22(21)29(26)40-33-27/h5-7,9,11-13,15-16,19,32H,3-4,8,10,14,17H2,1-2H3/t19-/m1/s1. The Kier molecular flexibility index (Phi) is 6.71. The zero-order valence-electron chi connectivity index (χ0n) is 22.4. The van der Waals surface area contributed by atoms with Crippen LogP contribution in [0.3, 0.4) is 0 Å². The van der Waals surface area contributed by atoms with Crippen LogP contribution in [-0.2, 0) is 14.3 Å². The average molecular weight is 540 g/mol. The SMILES string of the molecule is CCOC(=O)c1cccc(Nc2cc(N3CCC[C@@H](C(=O)OCC)C3)c3noc4c3c2C(=O)c2ccccc2-4)c1. The number of carbonyl (C=O) groups excluding carboxylic acids is 3. The van der Waals surface area contributed by atoms with Gasteiger partial charge >= 0.3 is 11.9 Å². The molecule has 1 fully saturated rings. The van der Waals surface area contributed by atoms with Crippen molar-refractivity contribution in [2.45, 2.75) is 26.7 Å². The molecule has 1 aliphatic heterocycles. The fourth-order valence-electron chi connectivity index (χ4n) is 5.62. The van der Waals surface area contributed by atoms with Crippen LogP contribution in [0, 0.1) is 5.92 Å². The molecule has 1 aromatic heterocycles. The summed E-state index contributed by atoms with van der Waals surface area (Å²) in [5, 5.41) is 8.45. The zero-order chi connectivity index (χ0) is 27.8. The lowest BCUT2D eigenvalue weighted by molar-refractivity contribution is -0.148. The van der Waals surface area contributed by atoms with Crippen LogP contribution in [0.1, 0.15) is 53.0 Å². The number of nitrogens with zero attached hydrogens (tertiary/aromatic N) is 2. The maximum absolute atomic E-state index is 13.9. The van der Waals surface area contributed by atoms with Crippen molar-refractivity contribution in [1.29, 1.82) is 0 Å². The topological polar surface area (TPSA) is 111 Å². The molecule has 0 saturated carbocycles. The molecule has 0 spiro atoms. The monoisotopic (exact) mass is 539 g/mol. The Balaban J connectivity index is 1.49. The van der Waals surface area contributed by atoms with Gasteiger partial charge < -0.3 is 24.2 Å². The van der Waals surface area contributed by atoms with Crippen LogP contribution in [-0.4, -0.2) is 49.2 Å². The molecule has 6 rings (SSSR count). The molecule has 1 atom stereocenters. The molecule has 9 nitrogen and oxygen atoms in total. The number of esters is 2. The summed E-state index contributed by atoms with van der Waals surface area (Å²) < 4.78 is 16.4. The highest BCUT2D eigenvalue weighted by Gasteiger charge is 2.35. The van der Waals surface area contributed by atoms with Gasteiger partial charge in [0.25, 0.3) is 0 Å². The predicted molar refractivity (Wildman–Crippen MR) is 150 cm³/mol. The van der Waals surface area contributed by atoms with Crippen molar-refractivity contribution in [2.24, 2.45) is 5.92 Å². The first kappa shape index (κ1) is 25.6. The van der Waals surface area contributed by atoms with Crippen LogP contribution < -0.4 is 10.2 Å². The lowest BCUT2D eigenvalue weighted by Gasteiger charge is -2.34. The molecule has 2 aliphatic rings. The molecular weight excluding hydrogens is 510 g/mol. The quantitative estimate of drug-likeness (QED) is 0.259. The highest BCUT2D eigenvalue weighted by atomic mass is 16.5. The van der Waals surface area contributed by atoms with E-state index in [1.54, 1.807) is 38.1 Å². The number of aromatic nitrogens is 1. The Morgan fingerprint density at radius 1 is 1.05 bits per heavy atom. The Labute approximate surface area is 231 Å². The van der Waals surface area contributed by atoms with E-state index in [0.717, 1.165) is 25.1 Å². The molecule has 40 heavy (non-hydrogen) atoms. The first-order valence-corrected chi connectivity index (χ1v) is 13.6. The number of ketones is 1. The summed E-state index contributed by atoms with van der Waals surface area (Å²) in [5.41, 5.74) is 4.60. The molecule has 0 radical (unpaired) electrons. The molecule has 0 amide bonds. The van der Waals surface area contributed by atoms with E-state index in [0.29, 0.717) is 63.4 Å².